The van der Waals surface area contributed by atoms with Gasteiger partial charge in [0.15, 0.2) is 25.0 Å². The maximum Gasteiger partial charge on any atom is 0.522 e. The molecule has 1 aromatic rings. The van der Waals surface area contributed by atoms with Crippen LogP contribution in [0.4, 0.5) is 0 Å². The summed E-state index contributed by atoms with van der Waals surface area (Å²) in [5.74, 6) is 0. The van der Waals surface area contributed by atoms with Crippen molar-refractivity contribution in [2.24, 2.45) is 0 Å². The van der Waals surface area contributed by atoms with Crippen molar-refractivity contribution in [3.63, 3.8) is 0 Å². The Morgan fingerprint density at radius 3 is 2.62 bits per heavy atom. The van der Waals surface area contributed by atoms with Crippen LogP contribution in [0.1, 0.15) is 20.1 Å². The summed E-state index contributed by atoms with van der Waals surface area (Å²) in [4.78, 5) is 35.2. The lowest BCUT2D eigenvalue weighted by Gasteiger charge is -2.20. The number of rotatable bonds is 10. The molecule has 2 heterocycles. The Bertz CT molecular complexity index is 874. The lowest BCUT2D eigenvalue weighted by Crippen LogP contribution is -2.39. The number of ether oxygens (including phenoxy) is 3. The molecule has 15 heteroatoms. The quantitative estimate of drug-likeness (QED) is 0.465. The fourth-order valence-corrected chi connectivity index (χ4v) is 4.54. The van der Waals surface area contributed by atoms with Crippen LogP contribution >= 0.6 is 14.7 Å². The second kappa shape index (κ2) is 10.5. The predicted molar refractivity (Wildman–Crippen MR) is 104 cm³/mol. The summed E-state index contributed by atoms with van der Waals surface area (Å²) >= 11 is 5.19. The molecular weight excluding hydrogens is 450 g/mol. The molecule has 0 saturated carbocycles. The zero-order chi connectivity index (χ0) is 21.8. The largest absolute Gasteiger partial charge is 0.522 e. The molecule has 2 rings (SSSR count). The summed E-state index contributed by atoms with van der Waals surface area (Å²) in [7, 11) is -3.39. The lowest BCUT2D eigenvalue weighted by atomic mass is 10.2. The third-order valence-electron chi connectivity index (χ3n) is 3.74. The molecule has 164 valence electrons. The molecule has 2 N–H and O–H groups in total. The predicted octanol–water partition coefficient (Wildman–Crippen LogP) is 0.796. The highest BCUT2D eigenvalue weighted by atomic mass is 32.4. The van der Waals surface area contributed by atoms with Gasteiger partial charge in [-0.05, 0) is 13.8 Å². The van der Waals surface area contributed by atoms with Gasteiger partial charge in [-0.1, -0.05) is 0 Å². The fraction of sp³-hybridized carbons (Fsp3) is 0.714. The molecule has 0 spiro atoms. The highest BCUT2D eigenvalue weighted by Gasteiger charge is 2.52. The SMILES string of the molecule is COC1[C@H](n2ccc(=O)[nH]c2=O)O[C@H](OCP(=O)(O)OC)[C@H]1O[P+](=S)OC(C)C. The van der Waals surface area contributed by atoms with Crippen LogP contribution in [0.5, 0.6) is 0 Å². The van der Waals surface area contributed by atoms with Gasteiger partial charge in [0.25, 0.3) is 5.56 Å². The average Bonchev–Trinajstić information content (AvgIpc) is 2.96. The molecule has 0 amide bonds. The van der Waals surface area contributed by atoms with E-state index in [9.17, 15) is 19.0 Å². The van der Waals surface area contributed by atoms with Crippen LogP contribution in [0.15, 0.2) is 21.9 Å². The summed E-state index contributed by atoms with van der Waals surface area (Å²) < 4.78 is 45.0. The van der Waals surface area contributed by atoms with Crippen LogP contribution in [0, 0.1) is 0 Å². The average molecular weight is 473 g/mol. The second-order valence-electron chi connectivity index (χ2n) is 6.18. The minimum absolute atomic E-state index is 0.204. The Hall–Kier alpha value is -0.850. The van der Waals surface area contributed by atoms with Gasteiger partial charge in [-0.3, -0.25) is 18.9 Å². The van der Waals surface area contributed by atoms with Crippen LogP contribution in [-0.2, 0) is 44.2 Å². The highest BCUT2D eigenvalue weighted by molar-refractivity contribution is 8.00. The molecule has 1 aromatic heterocycles. The second-order valence-corrected chi connectivity index (χ2v) is 9.84. The van der Waals surface area contributed by atoms with E-state index in [4.69, 9.17) is 35.1 Å². The number of hydrogen-bond acceptors (Lipinski definition) is 10. The molecule has 1 fully saturated rings. The van der Waals surface area contributed by atoms with Crippen molar-refractivity contribution < 1.29 is 37.2 Å². The third kappa shape index (κ3) is 6.56. The van der Waals surface area contributed by atoms with Gasteiger partial charge in [-0.25, -0.2) is 4.79 Å². The number of nitrogens with zero attached hydrogens (tertiary/aromatic N) is 1. The first-order chi connectivity index (χ1) is 13.6. The van der Waals surface area contributed by atoms with E-state index in [1.54, 1.807) is 13.8 Å². The number of methoxy groups -OCH3 is 1. The van der Waals surface area contributed by atoms with Crippen molar-refractivity contribution >= 4 is 26.6 Å². The van der Waals surface area contributed by atoms with Crippen molar-refractivity contribution in [2.45, 2.75) is 44.7 Å². The lowest BCUT2D eigenvalue weighted by molar-refractivity contribution is -0.165. The molecule has 0 aromatic carbocycles. The van der Waals surface area contributed by atoms with E-state index in [1.165, 1.54) is 13.3 Å². The summed E-state index contributed by atoms with van der Waals surface area (Å²) in [5.41, 5.74) is -1.33. The monoisotopic (exact) mass is 473 g/mol. The number of aromatic nitrogens is 2. The first-order valence-electron chi connectivity index (χ1n) is 8.37. The van der Waals surface area contributed by atoms with Gasteiger partial charge in [-0.2, -0.15) is 0 Å². The van der Waals surface area contributed by atoms with Crippen LogP contribution in [0.3, 0.4) is 0 Å². The molecule has 3 unspecified atom stereocenters. The molecule has 0 radical (unpaired) electrons. The van der Waals surface area contributed by atoms with E-state index >= 15 is 0 Å². The Morgan fingerprint density at radius 1 is 1.38 bits per heavy atom. The van der Waals surface area contributed by atoms with E-state index in [2.05, 4.69) is 9.51 Å². The summed E-state index contributed by atoms with van der Waals surface area (Å²) in [6.07, 6.45) is -3.88. The molecule has 0 bridgehead atoms. The van der Waals surface area contributed by atoms with Crippen molar-refractivity contribution in [3.05, 3.63) is 33.1 Å². The van der Waals surface area contributed by atoms with Crippen LogP contribution < -0.4 is 11.2 Å². The Kier molecular flexibility index (Phi) is 8.80. The summed E-state index contributed by atoms with van der Waals surface area (Å²) in [5, 5.41) is 0. The Labute approximate surface area is 172 Å². The molecule has 1 saturated heterocycles. The van der Waals surface area contributed by atoms with Crippen molar-refractivity contribution in [2.75, 3.05) is 20.6 Å². The van der Waals surface area contributed by atoms with E-state index < -0.39 is 57.1 Å². The smallest absolute Gasteiger partial charge is 0.374 e. The van der Waals surface area contributed by atoms with E-state index in [1.807, 2.05) is 0 Å². The van der Waals surface area contributed by atoms with E-state index in [0.29, 0.717) is 0 Å². The minimum Gasteiger partial charge on any atom is -0.374 e. The minimum atomic E-state index is -4.01. The third-order valence-corrected chi connectivity index (χ3v) is 6.31. The van der Waals surface area contributed by atoms with Gasteiger partial charge < -0.3 is 23.6 Å². The first-order valence-corrected chi connectivity index (χ1v) is 12.3. The molecule has 0 aliphatic carbocycles. The first kappa shape index (κ1) is 24.4. The zero-order valence-electron chi connectivity index (χ0n) is 16.1. The molecule has 29 heavy (non-hydrogen) atoms. The van der Waals surface area contributed by atoms with Gasteiger partial charge in [0.05, 0.1) is 0 Å². The molecule has 1 aliphatic heterocycles. The van der Waals surface area contributed by atoms with E-state index in [0.717, 1.165) is 17.7 Å². The zero-order valence-corrected chi connectivity index (χ0v) is 18.7. The van der Waals surface area contributed by atoms with Gasteiger partial charge >= 0.3 is 20.4 Å². The summed E-state index contributed by atoms with van der Waals surface area (Å²) in [6.45, 7) is 3.56. The standard InChI is InChI=1S/C14H22N2O10P2S/c1-8(2)25-27(29)26-11-10(21-3)12(16-6-5-9(17)15-14(16)18)24-13(11)23-7-28(19,20)22-4/h5-6,8,10-13H,7H2,1-4H3,(H-,15,17,18,19,20)/p+1/t10?,11-,12+,13-/m0/s1. The fourth-order valence-electron chi connectivity index (χ4n) is 2.47. The maximum atomic E-state index is 12.2. The highest BCUT2D eigenvalue weighted by Crippen LogP contribution is 2.44. The maximum absolute atomic E-state index is 12.2. The van der Waals surface area contributed by atoms with Crippen LogP contribution in [0.2, 0.25) is 0 Å². The van der Waals surface area contributed by atoms with E-state index in [-0.39, 0.29) is 6.10 Å². The molecule has 12 nitrogen and oxygen atoms in total. The van der Waals surface area contributed by atoms with Crippen molar-refractivity contribution in [1.82, 2.24) is 9.55 Å². The van der Waals surface area contributed by atoms with Crippen LogP contribution in [0.25, 0.3) is 0 Å². The summed E-state index contributed by atoms with van der Waals surface area (Å²) in [6, 6.07) is 1.14. The van der Waals surface area contributed by atoms with Gasteiger partial charge in [0, 0.05) is 26.5 Å². The van der Waals surface area contributed by atoms with Gasteiger partial charge in [0.1, 0.15) is 12.2 Å². The number of aromatic amines is 1. The van der Waals surface area contributed by atoms with Crippen molar-refractivity contribution in [3.8, 4) is 0 Å². The molecular formula is C14H23N2O10P2S+. The number of H-pyrrole nitrogens is 1. The topological polar surface area (TPSA) is 148 Å². The Balaban J connectivity index is 2.32. The number of hydrogen-bond donors (Lipinski definition) is 2. The van der Waals surface area contributed by atoms with Crippen LogP contribution in [-0.4, -0.2) is 59.6 Å². The Morgan fingerprint density at radius 2 is 2.07 bits per heavy atom. The normalized spacial score (nSPS) is 27.2. The number of nitrogens with one attached hydrogen (secondary N) is 1. The van der Waals surface area contributed by atoms with Gasteiger partial charge in [0.2, 0.25) is 11.8 Å². The molecule has 1 aliphatic rings. The van der Waals surface area contributed by atoms with Gasteiger partial charge in [-0.15, -0.1) is 9.05 Å². The molecule has 6 atom stereocenters. The van der Waals surface area contributed by atoms with Crippen molar-refractivity contribution in [1.29, 1.82) is 0 Å².